The van der Waals surface area contributed by atoms with Crippen molar-refractivity contribution in [3.05, 3.63) is 145 Å². The third-order valence-electron chi connectivity index (χ3n) is 8.54. The molecule has 3 heteroatoms. The normalized spacial score (nSPS) is 12.1. The van der Waals surface area contributed by atoms with Gasteiger partial charge in [-0.25, -0.2) is 0 Å². The van der Waals surface area contributed by atoms with E-state index in [2.05, 4.69) is 170 Å². The van der Waals surface area contributed by atoms with Crippen LogP contribution in [-0.4, -0.2) is 4.57 Å². The minimum absolute atomic E-state index is 0.0718. The molecule has 2 aromatic heterocycles. The lowest BCUT2D eigenvalue weighted by molar-refractivity contribution is 0.591. The fourth-order valence-electron chi connectivity index (χ4n) is 6.43. The number of rotatable bonds is 4. The number of hydrogen-bond donors (Lipinski definition) is 0. The minimum atomic E-state index is 0.0718. The molecule has 2 nitrogen and oxygen atoms in total. The standard InChI is InChI=1S/C40H32N2S/c1-40(2,3)27-24-25-34-32(26-27)29-16-7-9-19-33(29)42(34)36-21-11-10-20-35(36)41(28-14-5-4-6-15-28)37-22-13-18-31-30-17-8-12-23-38(30)43-39(31)37/h4-26H,1-3H3. The van der Waals surface area contributed by atoms with Gasteiger partial charge in [0, 0.05) is 31.9 Å². The van der Waals surface area contributed by atoms with Gasteiger partial charge in [-0.1, -0.05) is 106 Å². The van der Waals surface area contributed by atoms with Crippen molar-refractivity contribution < 1.29 is 0 Å². The highest BCUT2D eigenvalue weighted by atomic mass is 32.1. The zero-order valence-electron chi connectivity index (χ0n) is 24.6. The first-order valence-corrected chi connectivity index (χ1v) is 15.7. The van der Waals surface area contributed by atoms with E-state index in [4.69, 9.17) is 0 Å². The highest BCUT2D eigenvalue weighted by molar-refractivity contribution is 7.26. The van der Waals surface area contributed by atoms with Crippen LogP contribution < -0.4 is 4.90 Å². The van der Waals surface area contributed by atoms with Gasteiger partial charge in [0.1, 0.15) is 0 Å². The molecular formula is C40H32N2S. The summed E-state index contributed by atoms with van der Waals surface area (Å²) in [6.45, 7) is 6.86. The van der Waals surface area contributed by atoms with Gasteiger partial charge < -0.3 is 9.47 Å². The van der Waals surface area contributed by atoms with E-state index in [-0.39, 0.29) is 5.41 Å². The van der Waals surface area contributed by atoms with Crippen LogP contribution >= 0.6 is 11.3 Å². The summed E-state index contributed by atoms with van der Waals surface area (Å²) in [5, 5.41) is 5.16. The van der Waals surface area contributed by atoms with E-state index in [9.17, 15) is 0 Å². The Morgan fingerprint density at radius 1 is 0.535 bits per heavy atom. The van der Waals surface area contributed by atoms with Gasteiger partial charge in [-0.3, -0.25) is 0 Å². The number of nitrogens with zero attached hydrogens (tertiary/aromatic N) is 2. The number of fused-ring (bicyclic) bond motifs is 6. The molecule has 208 valence electrons. The molecule has 0 aliphatic carbocycles. The lowest BCUT2D eigenvalue weighted by Crippen LogP contribution is -2.13. The average molecular weight is 573 g/mol. The fraction of sp³-hybridized carbons (Fsp3) is 0.100. The molecule has 0 fully saturated rings. The van der Waals surface area contributed by atoms with Crippen molar-refractivity contribution in [3.63, 3.8) is 0 Å². The highest BCUT2D eigenvalue weighted by Crippen LogP contribution is 2.47. The Labute approximate surface area is 256 Å². The van der Waals surface area contributed by atoms with E-state index in [0.717, 1.165) is 17.1 Å². The van der Waals surface area contributed by atoms with Crippen LogP contribution in [0.25, 0.3) is 47.7 Å². The molecule has 0 bridgehead atoms. The molecule has 6 aromatic carbocycles. The molecular weight excluding hydrogens is 541 g/mol. The molecule has 0 unspecified atom stereocenters. The van der Waals surface area contributed by atoms with Crippen molar-refractivity contribution in [3.8, 4) is 5.69 Å². The summed E-state index contributed by atoms with van der Waals surface area (Å²) in [5.41, 5.74) is 8.46. The molecule has 8 aromatic rings. The summed E-state index contributed by atoms with van der Waals surface area (Å²) in [6, 6.07) is 50.9. The van der Waals surface area contributed by atoms with Gasteiger partial charge in [0.05, 0.1) is 32.8 Å². The smallest absolute Gasteiger partial charge is 0.0703 e. The average Bonchev–Trinajstić information content (AvgIpc) is 3.58. The Kier molecular flexibility index (Phi) is 5.92. The number of aromatic nitrogens is 1. The molecule has 0 radical (unpaired) electrons. The molecule has 43 heavy (non-hydrogen) atoms. The molecule has 0 aliphatic rings. The summed E-state index contributed by atoms with van der Waals surface area (Å²) in [7, 11) is 0. The van der Waals surface area contributed by atoms with Crippen molar-refractivity contribution in [2.24, 2.45) is 0 Å². The topological polar surface area (TPSA) is 8.17 Å². The molecule has 8 rings (SSSR count). The molecule has 0 spiro atoms. The maximum absolute atomic E-state index is 2.45. The van der Waals surface area contributed by atoms with E-state index in [0.29, 0.717) is 0 Å². The van der Waals surface area contributed by atoms with Crippen LogP contribution in [0.4, 0.5) is 17.1 Å². The van der Waals surface area contributed by atoms with E-state index in [1.165, 1.54) is 53.2 Å². The van der Waals surface area contributed by atoms with Gasteiger partial charge in [0.15, 0.2) is 0 Å². The van der Waals surface area contributed by atoms with Crippen LogP contribution in [0, 0.1) is 0 Å². The summed E-state index contributed by atoms with van der Waals surface area (Å²) < 4.78 is 5.05. The summed E-state index contributed by atoms with van der Waals surface area (Å²) in [6.07, 6.45) is 0. The molecule has 0 saturated heterocycles. The van der Waals surface area contributed by atoms with E-state index < -0.39 is 0 Å². The lowest BCUT2D eigenvalue weighted by Gasteiger charge is -2.28. The van der Waals surface area contributed by atoms with Gasteiger partial charge in [-0.05, 0) is 65.6 Å². The van der Waals surface area contributed by atoms with Crippen molar-refractivity contribution in [1.82, 2.24) is 4.57 Å². The van der Waals surface area contributed by atoms with Crippen LogP contribution in [0.3, 0.4) is 0 Å². The second-order valence-electron chi connectivity index (χ2n) is 12.2. The Balaban J connectivity index is 1.44. The number of thiophene rings is 1. The predicted octanol–water partition coefficient (Wildman–Crippen LogP) is 11.9. The highest BCUT2D eigenvalue weighted by Gasteiger charge is 2.23. The van der Waals surface area contributed by atoms with Crippen LogP contribution in [0.15, 0.2) is 140 Å². The van der Waals surface area contributed by atoms with Crippen molar-refractivity contribution in [2.75, 3.05) is 4.90 Å². The second-order valence-corrected chi connectivity index (χ2v) is 13.3. The Hall–Kier alpha value is -4.86. The van der Waals surface area contributed by atoms with Gasteiger partial charge in [-0.15, -0.1) is 11.3 Å². The number of hydrogen-bond acceptors (Lipinski definition) is 2. The first kappa shape index (κ1) is 25.8. The zero-order valence-corrected chi connectivity index (χ0v) is 25.4. The summed E-state index contributed by atoms with van der Waals surface area (Å²) >= 11 is 1.87. The van der Waals surface area contributed by atoms with Crippen LogP contribution in [-0.2, 0) is 5.41 Å². The van der Waals surface area contributed by atoms with Crippen molar-refractivity contribution >= 4 is 70.4 Å². The molecule has 0 aliphatic heterocycles. The number of para-hydroxylation sites is 4. The molecule has 0 saturated carbocycles. The van der Waals surface area contributed by atoms with Crippen LogP contribution in [0.5, 0.6) is 0 Å². The molecule has 0 N–H and O–H groups in total. The fourth-order valence-corrected chi connectivity index (χ4v) is 7.64. The number of benzene rings is 6. The Bertz CT molecular complexity index is 2280. The first-order valence-electron chi connectivity index (χ1n) is 14.9. The molecule has 0 amide bonds. The predicted molar refractivity (Wildman–Crippen MR) is 187 cm³/mol. The first-order chi connectivity index (χ1) is 21.0. The van der Waals surface area contributed by atoms with Crippen LogP contribution in [0.2, 0.25) is 0 Å². The van der Waals surface area contributed by atoms with E-state index in [1.54, 1.807) is 0 Å². The second kappa shape index (κ2) is 9.86. The third kappa shape index (κ3) is 4.15. The van der Waals surface area contributed by atoms with E-state index in [1.807, 2.05) is 11.3 Å². The van der Waals surface area contributed by atoms with E-state index >= 15 is 0 Å². The largest absolute Gasteiger partial charge is 0.307 e. The monoisotopic (exact) mass is 572 g/mol. The summed E-state index contributed by atoms with van der Waals surface area (Å²) in [5.74, 6) is 0. The number of anilines is 3. The van der Waals surface area contributed by atoms with Gasteiger partial charge in [0.25, 0.3) is 0 Å². The van der Waals surface area contributed by atoms with Gasteiger partial charge in [0.2, 0.25) is 0 Å². The minimum Gasteiger partial charge on any atom is -0.307 e. The summed E-state index contributed by atoms with van der Waals surface area (Å²) in [4.78, 5) is 2.44. The van der Waals surface area contributed by atoms with Crippen molar-refractivity contribution in [2.45, 2.75) is 26.2 Å². The van der Waals surface area contributed by atoms with Gasteiger partial charge >= 0.3 is 0 Å². The molecule has 0 atom stereocenters. The zero-order chi connectivity index (χ0) is 29.1. The lowest BCUT2D eigenvalue weighted by atomic mass is 9.86. The maximum Gasteiger partial charge on any atom is 0.0703 e. The quantitative estimate of drug-likeness (QED) is 0.204. The third-order valence-corrected chi connectivity index (χ3v) is 9.75. The Morgan fingerprint density at radius 2 is 1.19 bits per heavy atom. The van der Waals surface area contributed by atoms with Crippen LogP contribution in [0.1, 0.15) is 26.3 Å². The van der Waals surface area contributed by atoms with Gasteiger partial charge in [-0.2, -0.15) is 0 Å². The Morgan fingerprint density at radius 3 is 2.02 bits per heavy atom. The SMILES string of the molecule is CC(C)(C)c1ccc2c(c1)c1ccccc1n2-c1ccccc1N(c1ccccc1)c1cccc2c1sc1ccccc12. The maximum atomic E-state index is 2.45. The van der Waals surface area contributed by atoms with Crippen molar-refractivity contribution in [1.29, 1.82) is 0 Å². The molecule has 2 heterocycles.